The van der Waals surface area contributed by atoms with Crippen molar-refractivity contribution in [3.63, 3.8) is 0 Å². The molecule has 0 saturated carbocycles. The molecule has 8 nitrogen and oxygen atoms in total. The van der Waals surface area contributed by atoms with Gasteiger partial charge >= 0.3 is 0 Å². The highest BCUT2D eigenvalue weighted by atomic mass is 16.5. The van der Waals surface area contributed by atoms with E-state index in [2.05, 4.69) is 10.4 Å². The number of aryl methyl sites for hydroxylation is 1. The molecule has 2 aromatic heterocycles. The molecule has 196 valence electrons. The van der Waals surface area contributed by atoms with E-state index in [1.54, 1.807) is 48.7 Å². The van der Waals surface area contributed by atoms with E-state index in [0.29, 0.717) is 39.5 Å². The lowest BCUT2D eigenvalue weighted by Gasteiger charge is -2.08. The lowest BCUT2D eigenvalue weighted by atomic mass is 10.2. The maximum absolute atomic E-state index is 13.4. The minimum atomic E-state index is -0.308. The van der Waals surface area contributed by atoms with Gasteiger partial charge in [-0.1, -0.05) is 48.0 Å². The van der Waals surface area contributed by atoms with Crippen LogP contribution in [0.2, 0.25) is 0 Å². The summed E-state index contributed by atoms with van der Waals surface area (Å²) in [5.74, 6) is 1.02. The van der Waals surface area contributed by atoms with Gasteiger partial charge in [0.05, 0.1) is 17.1 Å². The summed E-state index contributed by atoms with van der Waals surface area (Å²) in [6.07, 6.45) is 1.57. The van der Waals surface area contributed by atoms with Gasteiger partial charge in [0.25, 0.3) is 11.5 Å². The normalized spacial score (nSPS) is 11.3. The minimum absolute atomic E-state index is 0.125. The van der Waals surface area contributed by atoms with E-state index in [9.17, 15) is 9.59 Å². The number of carbonyl (C=O) groups is 1. The molecule has 1 N–H and O–H groups in total. The Hall–Kier alpha value is -5.50. The third-order valence-corrected chi connectivity index (χ3v) is 6.31. The summed E-state index contributed by atoms with van der Waals surface area (Å²) in [5, 5.41) is 8.64. The predicted molar refractivity (Wildman–Crippen MR) is 156 cm³/mol. The van der Waals surface area contributed by atoms with Gasteiger partial charge in [0, 0.05) is 11.1 Å². The van der Waals surface area contributed by atoms with Crippen molar-refractivity contribution in [1.29, 1.82) is 0 Å². The Morgan fingerprint density at radius 3 is 2.52 bits per heavy atom. The number of ether oxygens (including phenoxy) is 1. The molecule has 8 heteroatoms. The summed E-state index contributed by atoms with van der Waals surface area (Å²) in [5.41, 5.74) is 3.50. The number of nitrogens with one attached hydrogen (secondary N) is 1. The first kappa shape index (κ1) is 24.8. The van der Waals surface area contributed by atoms with Gasteiger partial charge in [-0.3, -0.25) is 9.59 Å². The summed E-state index contributed by atoms with van der Waals surface area (Å²) < 4.78 is 12.9. The van der Waals surface area contributed by atoms with Crippen LogP contribution in [0.15, 0.2) is 117 Å². The fourth-order valence-electron chi connectivity index (χ4n) is 4.24. The molecule has 0 spiro atoms. The third kappa shape index (κ3) is 5.23. The van der Waals surface area contributed by atoms with E-state index in [1.165, 1.54) is 4.68 Å². The predicted octanol–water partition coefficient (Wildman–Crippen LogP) is 6.02. The molecule has 0 bridgehead atoms. The zero-order valence-electron chi connectivity index (χ0n) is 21.6. The number of carbonyl (C=O) groups excluding carboxylic acids is 1. The van der Waals surface area contributed by atoms with Gasteiger partial charge in [-0.2, -0.15) is 9.78 Å². The molecule has 2 heterocycles. The van der Waals surface area contributed by atoms with Gasteiger partial charge in [0.15, 0.2) is 12.4 Å². The van der Waals surface area contributed by atoms with E-state index in [4.69, 9.17) is 14.1 Å². The first-order chi connectivity index (χ1) is 19.5. The maximum atomic E-state index is 13.4. The molecule has 0 aliphatic heterocycles. The van der Waals surface area contributed by atoms with Crippen LogP contribution >= 0.6 is 0 Å². The average Bonchev–Trinajstić information content (AvgIpc) is 3.42. The lowest BCUT2D eigenvalue weighted by molar-refractivity contribution is -0.118. The Morgan fingerprint density at radius 1 is 0.975 bits per heavy atom. The van der Waals surface area contributed by atoms with Gasteiger partial charge in [0.2, 0.25) is 5.82 Å². The molecule has 6 aromatic rings. The van der Waals surface area contributed by atoms with E-state index in [-0.39, 0.29) is 18.1 Å². The van der Waals surface area contributed by atoms with Gasteiger partial charge in [0.1, 0.15) is 11.3 Å². The number of hydrogen-bond donors (Lipinski definition) is 1. The fourth-order valence-corrected chi connectivity index (χ4v) is 4.24. The van der Waals surface area contributed by atoms with E-state index in [0.717, 1.165) is 16.5 Å². The molecule has 0 aliphatic rings. The molecule has 0 atom stereocenters. The Kier molecular flexibility index (Phi) is 6.64. The number of para-hydroxylation sites is 2. The Balaban J connectivity index is 1.23. The number of anilines is 1. The molecule has 0 unspecified atom stereocenters. The van der Waals surface area contributed by atoms with Crippen LogP contribution in [0.25, 0.3) is 33.5 Å². The van der Waals surface area contributed by atoms with Crippen LogP contribution in [-0.2, 0) is 4.79 Å². The largest absolute Gasteiger partial charge is 0.484 e. The van der Waals surface area contributed by atoms with Crippen molar-refractivity contribution in [3.05, 3.63) is 125 Å². The first-order valence-corrected chi connectivity index (χ1v) is 12.7. The highest BCUT2D eigenvalue weighted by molar-refractivity contribution is 5.92. The quantitative estimate of drug-likeness (QED) is 0.256. The SMILES string of the molecule is Cc1ccc(NC(=O)COc2ccc(C=Nn3c(-c4cc5ccccc5o4)nc4ccccc4c3=O)cc2)cc1. The Labute approximate surface area is 229 Å². The average molecular weight is 529 g/mol. The fraction of sp³-hybridized carbons (Fsp3) is 0.0625. The molecule has 0 fully saturated rings. The molecular formula is C32H24N4O4. The van der Waals surface area contributed by atoms with Crippen molar-refractivity contribution in [3.8, 4) is 17.3 Å². The van der Waals surface area contributed by atoms with E-state index < -0.39 is 0 Å². The summed E-state index contributed by atoms with van der Waals surface area (Å²) in [6, 6.07) is 31.2. The molecule has 4 aromatic carbocycles. The standard InChI is InChI=1S/C32H24N4O4/c1-21-10-14-24(15-11-21)34-30(37)20-39-25-16-12-22(13-17-25)19-33-36-31(29-18-23-6-2-5-9-28(23)40-29)35-27-8-4-3-7-26(27)32(36)38/h2-19H,20H2,1H3,(H,34,37). The molecule has 0 radical (unpaired) electrons. The second-order valence-corrected chi connectivity index (χ2v) is 9.23. The molecule has 6 rings (SSSR count). The van der Waals surface area contributed by atoms with Crippen molar-refractivity contribution >= 4 is 39.7 Å². The topological polar surface area (TPSA) is 98.7 Å². The number of nitrogens with zero attached hydrogens (tertiary/aromatic N) is 3. The summed E-state index contributed by atoms with van der Waals surface area (Å²) in [7, 11) is 0. The Bertz CT molecular complexity index is 1890. The molecule has 40 heavy (non-hydrogen) atoms. The van der Waals surface area contributed by atoms with Crippen LogP contribution in [0, 0.1) is 6.92 Å². The van der Waals surface area contributed by atoms with E-state index >= 15 is 0 Å². The number of hydrogen-bond acceptors (Lipinski definition) is 6. The van der Waals surface area contributed by atoms with Crippen molar-refractivity contribution in [2.75, 3.05) is 11.9 Å². The lowest BCUT2D eigenvalue weighted by Crippen LogP contribution is -2.20. The summed E-state index contributed by atoms with van der Waals surface area (Å²) in [6.45, 7) is 1.86. The van der Waals surface area contributed by atoms with Crippen LogP contribution in [0.4, 0.5) is 5.69 Å². The zero-order chi connectivity index (χ0) is 27.5. The van der Waals surface area contributed by atoms with Gasteiger partial charge in [-0.05, 0) is 73.2 Å². The van der Waals surface area contributed by atoms with Gasteiger partial charge in [-0.25, -0.2) is 4.98 Å². The molecule has 1 amide bonds. The van der Waals surface area contributed by atoms with Crippen LogP contribution < -0.4 is 15.6 Å². The van der Waals surface area contributed by atoms with Crippen molar-refractivity contribution in [2.45, 2.75) is 6.92 Å². The number of fused-ring (bicyclic) bond motifs is 2. The van der Waals surface area contributed by atoms with Crippen molar-refractivity contribution in [2.24, 2.45) is 5.10 Å². The van der Waals surface area contributed by atoms with Crippen LogP contribution in [0.3, 0.4) is 0 Å². The van der Waals surface area contributed by atoms with E-state index in [1.807, 2.05) is 67.6 Å². The maximum Gasteiger partial charge on any atom is 0.282 e. The molecular weight excluding hydrogens is 504 g/mol. The van der Waals surface area contributed by atoms with Crippen LogP contribution in [0.5, 0.6) is 5.75 Å². The number of aromatic nitrogens is 2. The van der Waals surface area contributed by atoms with Gasteiger partial charge < -0.3 is 14.5 Å². The second kappa shape index (κ2) is 10.7. The highest BCUT2D eigenvalue weighted by Crippen LogP contribution is 2.27. The molecule has 0 saturated heterocycles. The number of benzene rings is 4. The van der Waals surface area contributed by atoms with Gasteiger partial charge in [-0.15, -0.1) is 0 Å². The third-order valence-electron chi connectivity index (χ3n) is 6.31. The minimum Gasteiger partial charge on any atom is -0.484 e. The monoisotopic (exact) mass is 528 g/mol. The summed E-state index contributed by atoms with van der Waals surface area (Å²) >= 11 is 0. The van der Waals surface area contributed by atoms with Crippen LogP contribution in [0.1, 0.15) is 11.1 Å². The Morgan fingerprint density at radius 2 is 1.73 bits per heavy atom. The highest BCUT2D eigenvalue weighted by Gasteiger charge is 2.16. The zero-order valence-corrected chi connectivity index (χ0v) is 21.6. The van der Waals surface area contributed by atoms with Crippen molar-refractivity contribution in [1.82, 2.24) is 9.66 Å². The summed E-state index contributed by atoms with van der Waals surface area (Å²) in [4.78, 5) is 30.3. The molecule has 0 aliphatic carbocycles. The van der Waals surface area contributed by atoms with Crippen LogP contribution in [-0.4, -0.2) is 28.4 Å². The first-order valence-electron chi connectivity index (χ1n) is 12.7. The number of rotatable bonds is 7. The second-order valence-electron chi connectivity index (χ2n) is 9.23. The smallest absolute Gasteiger partial charge is 0.282 e. The number of furan rings is 1. The van der Waals surface area contributed by atoms with Crippen molar-refractivity contribution < 1.29 is 13.9 Å². The number of amides is 1.